The van der Waals surface area contributed by atoms with Gasteiger partial charge < -0.3 is 4.74 Å². The van der Waals surface area contributed by atoms with Crippen LogP contribution in [0.25, 0.3) is 16.7 Å². The Kier molecular flexibility index (Phi) is 6.29. The molecule has 0 radical (unpaired) electrons. The lowest BCUT2D eigenvalue weighted by molar-refractivity contribution is 0.0748. The molecular weight excluding hydrogens is 420 g/mol. The maximum Gasteiger partial charge on any atom is 0.352 e. The molecule has 4 rings (SSSR count). The number of ketones is 1. The predicted octanol–water partition coefficient (Wildman–Crippen LogP) is 3.13. The standard InChI is InChI=1S/C25H28N4O4/c1-16(2)33-13-7-12-27-23(31)20-8-5-6-9-21(20)29-24(27)26-28(25(29)32)15-22(30)19-11-10-17(3)14-18(19)4/h5-6,8-11,14,16H,7,12-13,15H2,1-4H3. The molecule has 0 unspecified atom stereocenters. The number of aromatic nitrogens is 4. The third kappa shape index (κ3) is 4.39. The molecule has 0 spiro atoms. The van der Waals surface area contributed by atoms with Gasteiger partial charge >= 0.3 is 5.69 Å². The fourth-order valence-electron chi connectivity index (χ4n) is 4.06. The van der Waals surface area contributed by atoms with Gasteiger partial charge in [-0.25, -0.2) is 13.9 Å². The van der Waals surface area contributed by atoms with Gasteiger partial charge in [-0.05, 0) is 51.8 Å². The third-order valence-corrected chi connectivity index (χ3v) is 5.64. The molecule has 8 heteroatoms. The number of fused-ring (bicyclic) bond motifs is 3. The average Bonchev–Trinajstić information content (AvgIpc) is 3.08. The largest absolute Gasteiger partial charge is 0.379 e. The lowest BCUT2D eigenvalue weighted by Crippen LogP contribution is -2.28. The van der Waals surface area contributed by atoms with Gasteiger partial charge in [0.1, 0.15) is 6.54 Å². The van der Waals surface area contributed by atoms with Gasteiger partial charge in [0.25, 0.3) is 5.56 Å². The summed E-state index contributed by atoms with van der Waals surface area (Å²) in [5.41, 5.74) is 2.27. The first-order valence-electron chi connectivity index (χ1n) is 11.1. The molecule has 0 saturated carbocycles. The van der Waals surface area contributed by atoms with Crippen molar-refractivity contribution in [2.45, 2.75) is 53.3 Å². The van der Waals surface area contributed by atoms with Crippen LogP contribution in [-0.4, -0.2) is 37.2 Å². The predicted molar refractivity (Wildman–Crippen MR) is 127 cm³/mol. The number of aryl methyl sites for hydroxylation is 3. The summed E-state index contributed by atoms with van der Waals surface area (Å²) >= 11 is 0. The Labute approximate surface area is 191 Å². The molecule has 0 aliphatic rings. The summed E-state index contributed by atoms with van der Waals surface area (Å²) in [4.78, 5) is 39.5. The van der Waals surface area contributed by atoms with Gasteiger partial charge in [0.05, 0.1) is 17.0 Å². The minimum absolute atomic E-state index is 0.0939. The van der Waals surface area contributed by atoms with Crippen molar-refractivity contribution < 1.29 is 9.53 Å². The van der Waals surface area contributed by atoms with Crippen molar-refractivity contribution in [1.82, 2.24) is 18.7 Å². The third-order valence-electron chi connectivity index (χ3n) is 5.64. The van der Waals surface area contributed by atoms with E-state index in [4.69, 9.17) is 4.74 Å². The van der Waals surface area contributed by atoms with Gasteiger partial charge in [-0.2, -0.15) is 0 Å². The van der Waals surface area contributed by atoms with Gasteiger partial charge in [0.2, 0.25) is 5.78 Å². The molecule has 0 aliphatic heterocycles. The Morgan fingerprint density at radius 3 is 2.58 bits per heavy atom. The number of rotatable bonds is 8. The highest BCUT2D eigenvalue weighted by atomic mass is 16.5. The zero-order valence-electron chi connectivity index (χ0n) is 19.4. The molecule has 8 nitrogen and oxygen atoms in total. The number of hydrogen-bond donors (Lipinski definition) is 0. The van der Waals surface area contributed by atoms with Crippen molar-refractivity contribution in [3.05, 3.63) is 80.0 Å². The summed E-state index contributed by atoms with van der Waals surface area (Å²) in [5.74, 6) is 0.0169. The van der Waals surface area contributed by atoms with Crippen molar-refractivity contribution in [3.63, 3.8) is 0 Å². The Morgan fingerprint density at radius 1 is 1.09 bits per heavy atom. The quantitative estimate of drug-likeness (QED) is 0.305. The summed E-state index contributed by atoms with van der Waals surface area (Å²) in [7, 11) is 0. The van der Waals surface area contributed by atoms with E-state index in [2.05, 4.69) is 5.10 Å². The molecule has 0 amide bonds. The molecule has 0 N–H and O–H groups in total. The van der Waals surface area contributed by atoms with E-state index in [1.165, 1.54) is 8.97 Å². The molecule has 4 aromatic rings. The van der Waals surface area contributed by atoms with Crippen molar-refractivity contribution in [2.24, 2.45) is 0 Å². The zero-order chi connectivity index (χ0) is 23.7. The topological polar surface area (TPSA) is 87.6 Å². The number of ether oxygens (including phenoxy) is 1. The van der Waals surface area contributed by atoms with Crippen LogP contribution in [-0.2, 0) is 17.8 Å². The minimum atomic E-state index is -0.452. The molecule has 0 atom stereocenters. The molecule has 2 aromatic heterocycles. The van der Waals surface area contributed by atoms with Crippen LogP contribution in [0.15, 0.2) is 52.1 Å². The summed E-state index contributed by atoms with van der Waals surface area (Å²) in [6, 6.07) is 12.5. The maximum atomic E-state index is 13.3. The molecule has 2 aromatic carbocycles. The Bertz CT molecular complexity index is 1460. The fraction of sp³-hybridized carbons (Fsp3) is 0.360. The monoisotopic (exact) mass is 448 g/mol. The molecule has 0 saturated heterocycles. The number of carbonyl (C=O) groups excluding carboxylic acids is 1. The maximum absolute atomic E-state index is 13.3. The second-order valence-corrected chi connectivity index (χ2v) is 8.56. The van der Waals surface area contributed by atoms with E-state index < -0.39 is 5.69 Å². The van der Waals surface area contributed by atoms with Gasteiger partial charge in [0.15, 0.2) is 5.78 Å². The molecule has 0 bridgehead atoms. The van der Waals surface area contributed by atoms with E-state index in [0.717, 1.165) is 15.8 Å². The van der Waals surface area contributed by atoms with Crippen LogP contribution in [0.3, 0.4) is 0 Å². The zero-order valence-corrected chi connectivity index (χ0v) is 19.4. The smallest absolute Gasteiger partial charge is 0.352 e. The van der Waals surface area contributed by atoms with E-state index in [0.29, 0.717) is 36.0 Å². The summed E-state index contributed by atoms with van der Waals surface area (Å²) in [6.07, 6.45) is 0.686. The summed E-state index contributed by atoms with van der Waals surface area (Å²) in [6.45, 7) is 8.37. The normalized spacial score (nSPS) is 11.7. The van der Waals surface area contributed by atoms with Gasteiger partial charge in [-0.3, -0.25) is 14.2 Å². The van der Waals surface area contributed by atoms with Crippen LogP contribution in [0.1, 0.15) is 41.8 Å². The van der Waals surface area contributed by atoms with Crippen molar-refractivity contribution in [3.8, 4) is 0 Å². The van der Waals surface area contributed by atoms with Crippen LogP contribution < -0.4 is 11.2 Å². The van der Waals surface area contributed by atoms with Crippen molar-refractivity contribution in [2.75, 3.05) is 6.61 Å². The molecule has 172 valence electrons. The van der Waals surface area contributed by atoms with Gasteiger partial charge in [-0.15, -0.1) is 5.10 Å². The molecule has 0 fully saturated rings. The first kappa shape index (κ1) is 22.7. The van der Waals surface area contributed by atoms with Crippen molar-refractivity contribution in [1.29, 1.82) is 0 Å². The molecule has 2 heterocycles. The van der Waals surface area contributed by atoms with Crippen LogP contribution >= 0.6 is 0 Å². The van der Waals surface area contributed by atoms with Crippen LogP contribution in [0.2, 0.25) is 0 Å². The van der Waals surface area contributed by atoms with E-state index >= 15 is 0 Å². The number of benzene rings is 2. The minimum Gasteiger partial charge on any atom is -0.379 e. The number of hydrogen-bond acceptors (Lipinski definition) is 5. The van der Waals surface area contributed by atoms with Gasteiger partial charge in [0, 0.05) is 18.7 Å². The molecular formula is C25H28N4O4. The van der Waals surface area contributed by atoms with E-state index in [1.807, 2.05) is 39.8 Å². The van der Waals surface area contributed by atoms with Crippen LogP contribution in [0.4, 0.5) is 0 Å². The molecule has 33 heavy (non-hydrogen) atoms. The SMILES string of the molecule is Cc1ccc(C(=O)Cn2nc3n(CCCOC(C)C)c(=O)c4ccccc4n3c2=O)c(C)c1. The highest BCUT2D eigenvalue weighted by Gasteiger charge is 2.19. The second-order valence-electron chi connectivity index (χ2n) is 8.56. The van der Waals surface area contributed by atoms with Crippen molar-refractivity contribution >= 4 is 22.5 Å². The van der Waals surface area contributed by atoms with E-state index in [1.54, 1.807) is 30.3 Å². The van der Waals surface area contributed by atoms with Crippen LogP contribution in [0, 0.1) is 13.8 Å². The second kappa shape index (κ2) is 9.15. The van der Waals surface area contributed by atoms with E-state index in [9.17, 15) is 14.4 Å². The highest BCUT2D eigenvalue weighted by molar-refractivity contribution is 5.97. The van der Waals surface area contributed by atoms with Crippen LogP contribution in [0.5, 0.6) is 0 Å². The lowest BCUT2D eigenvalue weighted by Gasteiger charge is -2.11. The number of Topliss-reactive ketones (excluding diaryl/α,β-unsaturated/α-hetero) is 1. The van der Waals surface area contributed by atoms with Gasteiger partial charge in [-0.1, -0.05) is 35.9 Å². The van der Waals surface area contributed by atoms with E-state index in [-0.39, 0.29) is 29.8 Å². The first-order valence-corrected chi connectivity index (χ1v) is 11.1. The molecule has 0 aliphatic carbocycles. The number of carbonyl (C=O) groups is 1. The average molecular weight is 449 g/mol. The summed E-state index contributed by atoms with van der Waals surface area (Å²) in [5, 5.41) is 4.85. The fourth-order valence-corrected chi connectivity index (χ4v) is 4.06. The number of para-hydroxylation sites is 1. The summed E-state index contributed by atoms with van der Waals surface area (Å²) < 4.78 is 9.65. The Hall–Kier alpha value is -3.52. The highest BCUT2D eigenvalue weighted by Crippen LogP contribution is 2.14. The number of nitrogens with zero attached hydrogens (tertiary/aromatic N) is 4. The first-order chi connectivity index (χ1) is 15.8. The Morgan fingerprint density at radius 2 is 1.85 bits per heavy atom. The Balaban J connectivity index is 1.79. The lowest BCUT2D eigenvalue weighted by atomic mass is 10.0.